The first-order chi connectivity index (χ1) is 11.7. The Hall–Kier alpha value is -2.34. The van der Waals surface area contributed by atoms with E-state index in [0.717, 1.165) is 42.3 Å². The van der Waals surface area contributed by atoms with E-state index in [4.69, 9.17) is 9.57 Å². The fraction of sp³-hybridized carbons (Fsp3) is 0.444. The molecule has 3 aliphatic rings. The molecule has 124 valence electrons. The number of hydrogen-bond donors (Lipinski definition) is 1. The molecule has 2 aromatic rings. The number of benzene rings is 1. The van der Waals surface area contributed by atoms with Crippen molar-refractivity contribution in [2.24, 2.45) is 0 Å². The van der Waals surface area contributed by atoms with Gasteiger partial charge in [-0.1, -0.05) is 12.1 Å². The topological polar surface area (TPSA) is 69.6 Å². The number of ether oxygens (including phenoxy) is 1. The molecule has 1 fully saturated rings. The van der Waals surface area contributed by atoms with Gasteiger partial charge in [-0.3, -0.25) is 4.79 Å². The summed E-state index contributed by atoms with van der Waals surface area (Å²) in [5.74, 6) is 0.0419. The number of carbonyl (C=O) groups excluding carboxylic acids is 2. The molecule has 2 atom stereocenters. The van der Waals surface area contributed by atoms with E-state index in [1.807, 2.05) is 12.1 Å². The van der Waals surface area contributed by atoms with Crippen molar-refractivity contribution in [2.75, 3.05) is 6.54 Å². The quantitative estimate of drug-likeness (QED) is 0.746. The Morgan fingerprint density at radius 3 is 2.96 bits per heavy atom. The van der Waals surface area contributed by atoms with Gasteiger partial charge in [-0.25, -0.2) is 4.79 Å². The minimum atomic E-state index is -0.406. The van der Waals surface area contributed by atoms with Crippen molar-refractivity contribution in [3.63, 3.8) is 0 Å². The summed E-state index contributed by atoms with van der Waals surface area (Å²) < 4.78 is 7.00. The van der Waals surface area contributed by atoms with Crippen LogP contribution < -0.4 is 14.9 Å². The van der Waals surface area contributed by atoms with E-state index in [-0.39, 0.29) is 18.8 Å². The lowest BCUT2D eigenvalue weighted by molar-refractivity contribution is -0.151. The summed E-state index contributed by atoms with van der Waals surface area (Å²) >= 11 is 0. The Kier molecular flexibility index (Phi) is 2.97. The highest BCUT2D eigenvalue weighted by Gasteiger charge is 2.38. The van der Waals surface area contributed by atoms with Crippen LogP contribution in [0.3, 0.4) is 0 Å². The summed E-state index contributed by atoms with van der Waals surface area (Å²) in [6.45, 7) is 1.01. The molecular weight excluding hydrogens is 308 g/mol. The average molecular weight is 326 g/mol. The number of aromatic nitrogens is 1. The molecule has 5 rings (SSSR count). The van der Waals surface area contributed by atoms with Crippen LogP contribution in [0.1, 0.15) is 42.7 Å². The van der Waals surface area contributed by atoms with Gasteiger partial charge >= 0.3 is 11.9 Å². The average Bonchev–Trinajstić information content (AvgIpc) is 2.86. The molecule has 1 aromatic carbocycles. The van der Waals surface area contributed by atoms with Gasteiger partial charge in [-0.15, -0.1) is 4.73 Å². The smallest absolute Gasteiger partial charge is 0.333 e. The molecular formula is C18H18N2O4. The maximum absolute atomic E-state index is 12.0. The lowest BCUT2D eigenvalue weighted by atomic mass is 9.76. The van der Waals surface area contributed by atoms with E-state index in [9.17, 15) is 9.59 Å². The van der Waals surface area contributed by atoms with Gasteiger partial charge < -0.3 is 14.9 Å². The summed E-state index contributed by atoms with van der Waals surface area (Å²) in [5.41, 5.74) is 3.04. The molecule has 1 saturated heterocycles. The molecule has 0 bridgehead atoms. The molecule has 6 nitrogen and oxygen atoms in total. The molecule has 0 spiro atoms. The SMILES string of the molecule is O=C1CCC(=O)On2c(c3c4c(cccc42)C2CCCNC2C3)O1. The van der Waals surface area contributed by atoms with Gasteiger partial charge in [0.1, 0.15) is 0 Å². The Morgan fingerprint density at radius 1 is 1.17 bits per heavy atom. The number of piperidine rings is 1. The van der Waals surface area contributed by atoms with Crippen molar-refractivity contribution in [1.82, 2.24) is 10.0 Å². The van der Waals surface area contributed by atoms with Crippen LogP contribution in [0.4, 0.5) is 0 Å². The van der Waals surface area contributed by atoms with Gasteiger partial charge in [0, 0.05) is 22.9 Å². The van der Waals surface area contributed by atoms with E-state index in [1.54, 1.807) is 0 Å². The molecule has 2 unspecified atom stereocenters. The third-order valence-corrected chi connectivity index (χ3v) is 5.38. The van der Waals surface area contributed by atoms with Crippen molar-refractivity contribution in [3.05, 3.63) is 29.3 Å². The summed E-state index contributed by atoms with van der Waals surface area (Å²) in [4.78, 5) is 29.5. The summed E-state index contributed by atoms with van der Waals surface area (Å²) in [6, 6.07) is 6.39. The van der Waals surface area contributed by atoms with Crippen LogP contribution >= 0.6 is 0 Å². The molecule has 0 radical (unpaired) electrons. The number of nitrogens with one attached hydrogen (secondary N) is 1. The first-order valence-corrected chi connectivity index (χ1v) is 8.54. The fourth-order valence-corrected chi connectivity index (χ4v) is 4.36. The van der Waals surface area contributed by atoms with Crippen molar-refractivity contribution in [2.45, 2.75) is 44.1 Å². The van der Waals surface area contributed by atoms with Crippen molar-refractivity contribution < 1.29 is 19.2 Å². The minimum Gasteiger partial charge on any atom is -0.406 e. The third-order valence-electron chi connectivity index (χ3n) is 5.38. The third kappa shape index (κ3) is 1.92. The van der Waals surface area contributed by atoms with Crippen molar-refractivity contribution in [3.8, 4) is 5.88 Å². The van der Waals surface area contributed by atoms with E-state index >= 15 is 0 Å². The van der Waals surface area contributed by atoms with Crippen LogP contribution in [-0.4, -0.2) is 29.3 Å². The standard InChI is InChI=1S/C18H18N2O4/c21-15-6-7-16(22)24-20-14-5-1-3-11-10-4-2-8-19-13(10)9-12(17(11)14)18(20)23-15/h1,3,5,10,13,19H,2,4,6-9H2. The molecule has 24 heavy (non-hydrogen) atoms. The zero-order chi connectivity index (χ0) is 16.3. The second-order valence-corrected chi connectivity index (χ2v) is 6.77. The number of nitrogens with zero attached hydrogens (tertiary/aromatic N) is 1. The Morgan fingerprint density at radius 2 is 2.04 bits per heavy atom. The van der Waals surface area contributed by atoms with Gasteiger partial charge in [-0.2, -0.15) is 0 Å². The normalized spacial score (nSPS) is 26.0. The molecule has 1 aliphatic carbocycles. The van der Waals surface area contributed by atoms with Gasteiger partial charge in [0.05, 0.1) is 18.4 Å². The van der Waals surface area contributed by atoms with E-state index in [1.165, 1.54) is 10.3 Å². The van der Waals surface area contributed by atoms with Crippen molar-refractivity contribution >= 4 is 22.8 Å². The second-order valence-electron chi connectivity index (χ2n) is 6.77. The van der Waals surface area contributed by atoms with E-state index in [2.05, 4.69) is 11.4 Å². The van der Waals surface area contributed by atoms with Crippen LogP contribution in [0.25, 0.3) is 10.9 Å². The lowest BCUT2D eigenvalue weighted by Crippen LogP contribution is -2.43. The van der Waals surface area contributed by atoms with Crippen LogP contribution in [-0.2, 0) is 16.0 Å². The summed E-state index contributed by atoms with van der Waals surface area (Å²) in [7, 11) is 0. The first-order valence-electron chi connectivity index (χ1n) is 8.54. The predicted molar refractivity (Wildman–Crippen MR) is 85.9 cm³/mol. The molecule has 1 aromatic heterocycles. The zero-order valence-electron chi connectivity index (χ0n) is 13.2. The highest BCUT2D eigenvalue weighted by atomic mass is 16.7. The molecule has 1 N–H and O–H groups in total. The summed E-state index contributed by atoms with van der Waals surface area (Å²) in [5, 5.41) is 4.68. The van der Waals surface area contributed by atoms with E-state index < -0.39 is 5.97 Å². The minimum absolute atomic E-state index is 0.0414. The Bertz CT molecular complexity index is 870. The number of hydrogen-bond acceptors (Lipinski definition) is 5. The van der Waals surface area contributed by atoms with Crippen LogP contribution in [0.15, 0.2) is 18.2 Å². The Labute approximate surface area is 138 Å². The van der Waals surface area contributed by atoms with Gasteiger partial charge in [-0.05, 0) is 37.4 Å². The van der Waals surface area contributed by atoms with Gasteiger partial charge in [0.25, 0.3) is 0 Å². The zero-order valence-corrected chi connectivity index (χ0v) is 13.2. The summed E-state index contributed by atoms with van der Waals surface area (Å²) in [6.07, 6.45) is 3.18. The fourth-order valence-electron chi connectivity index (χ4n) is 4.36. The highest BCUT2D eigenvalue weighted by Crippen LogP contribution is 2.45. The largest absolute Gasteiger partial charge is 0.406 e. The molecule has 3 heterocycles. The van der Waals surface area contributed by atoms with E-state index in [0.29, 0.717) is 17.8 Å². The number of esters is 1. The first kappa shape index (κ1) is 14.0. The second kappa shape index (κ2) is 5.08. The van der Waals surface area contributed by atoms with Crippen LogP contribution in [0.2, 0.25) is 0 Å². The maximum Gasteiger partial charge on any atom is 0.333 e. The molecule has 0 amide bonds. The monoisotopic (exact) mass is 326 g/mol. The predicted octanol–water partition coefficient (Wildman–Crippen LogP) is 1.69. The van der Waals surface area contributed by atoms with Gasteiger partial charge in [0.2, 0.25) is 5.88 Å². The number of carbonyl (C=O) groups is 2. The molecule has 2 aliphatic heterocycles. The maximum atomic E-state index is 12.0. The van der Waals surface area contributed by atoms with Gasteiger partial charge in [0.15, 0.2) is 0 Å². The number of rotatable bonds is 0. The number of fused-ring (bicyclic) bond motifs is 5. The lowest BCUT2D eigenvalue weighted by Gasteiger charge is -2.36. The van der Waals surface area contributed by atoms with Crippen LogP contribution in [0, 0.1) is 0 Å². The van der Waals surface area contributed by atoms with Crippen LogP contribution in [0.5, 0.6) is 5.88 Å². The Balaban J connectivity index is 1.78. The molecule has 6 heteroatoms. The van der Waals surface area contributed by atoms with Crippen molar-refractivity contribution in [1.29, 1.82) is 0 Å². The highest BCUT2D eigenvalue weighted by molar-refractivity contribution is 5.93. The molecule has 0 saturated carbocycles.